The first-order valence-electron chi connectivity index (χ1n) is 5.12. The van der Waals surface area contributed by atoms with E-state index < -0.39 is 0 Å². The molecule has 0 spiro atoms. The third-order valence-electron chi connectivity index (χ3n) is 2.32. The summed E-state index contributed by atoms with van der Waals surface area (Å²) in [5.74, 6) is 0.590. The van der Waals surface area contributed by atoms with Gasteiger partial charge in [0.1, 0.15) is 6.07 Å². The molecule has 2 aromatic heterocycles. The summed E-state index contributed by atoms with van der Waals surface area (Å²) >= 11 is 0. The SMILES string of the molecule is CN(Cc1ccncc1)c1nccnc1C#N. The van der Waals surface area contributed by atoms with Crippen LogP contribution in [0.2, 0.25) is 0 Å². The molecule has 0 aliphatic heterocycles. The molecule has 0 bridgehead atoms. The van der Waals surface area contributed by atoms with E-state index in [4.69, 9.17) is 5.26 Å². The van der Waals surface area contributed by atoms with Gasteiger partial charge in [-0.3, -0.25) is 4.98 Å². The summed E-state index contributed by atoms with van der Waals surface area (Å²) in [6.07, 6.45) is 6.58. The number of pyridine rings is 1. The zero-order valence-electron chi connectivity index (χ0n) is 9.41. The van der Waals surface area contributed by atoms with Crippen LogP contribution in [0.25, 0.3) is 0 Å². The molecule has 0 aliphatic carbocycles. The molecular weight excluding hydrogens is 214 g/mol. The quantitative estimate of drug-likeness (QED) is 0.789. The maximum Gasteiger partial charge on any atom is 0.183 e. The lowest BCUT2D eigenvalue weighted by Crippen LogP contribution is -2.19. The van der Waals surface area contributed by atoms with E-state index in [9.17, 15) is 0 Å². The van der Waals surface area contributed by atoms with Gasteiger partial charge in [-0.15, -0.1) is 0 Å². The Morgan fingerprint density at radius 2 is 1.88 bits per heavy atom. The van der Waals surface area contributed by atoms with Crippen molar-refractivity contribution in [2.45, 2.75) is 6.54 Å². The van der Waals surface area contributed by atoms with Crippen LogP contribution in [0, 0.1) is 11.3 Å². The van der Waals surface area contributed by atoms with Gasteiger partial charge < -0.3 is 4.90 Å². The van der Waals surface area contributed by atoms with E-state index in [2.05, 4.69) is 15.0 Å². The summed E-state index contributed by atoms with van der Waals surface area (Å²) in [7, 11) is 1.88. The number of nitrogens with zero attached hydrogens (tertiary/aromatic N) is 5. The predicted octanol–water partition coefficient (Wildman–Crippen LogP) is 1.38. The first kappa shape index (κ1) is 11.0. The standard InChI is InChI=1S/C12H11N5/c1-17(9-10-2-4-14-5-3-10)12-11(8-13)15-6-7-16-12/h2-7H,9H2,1H3. The molecule has 0 fully saturated rings. The second kappa shape index (κ2) is 5.03. The number of aromatic nitrogens is 3. The van der Waals surface area contributed by atoms with Gasteiger partial charge >= 0.3 is 0 Å². The van der Waals surface area contributed by atoms with E-state index in [-0.39, 0.29) is 0 Å². The minimum absolute atomic E-state index is 0.337. The van der Waals surface area contributed by atoms with Gasteiger partial charge in [-0.25, -0.2) is 9.97 Å². The molecule has 0 aromatic carbocycles. The summed E-state index contributed by atoms with van der Waals surface area (Å²) in [6, 6.07) is 5.89. The molecule has 0 saturated carbocycles. The maximum atomic E-state index is 8.94. The third-order valence-corrected chi connectivity index (χ3v) is 2.32. The predicted molar refractivity (Wildman–Crippen MR) is 63.1 cm³/mol. The Morgan fingerprint density at radius 1 is 1.18 bits per heavy atom. The van der Waals surface area contributed by atoms with E-state index in [0.717, 1.165) is 5.56 Å². The summed E-state index contributed by atoms with van der Waals surface area (Å²) in [5.41, 5.74) is 1.45. The van der Waals surface area contributed by atoms with Gasteiger partial charge in [-0.1, -0.05) is 0 Å². The molecule has 2 aromatic rings. The Bertz CT molecular complexity index is 532. The average molecular weight is 225 g/mol. The van der Waals surface area contributed by atoms with Crippen LogP contribution in [0.4, 0.5) is 5.82 Å². The highest BCUT2D eigenvalue weighted by atomic mass is 15.2. The van der Waals surface area contributed by atoms with Crippen molar-refractivity contribution >= 4 is 5.82 Å². The van der Waals surface area contributed by atoms with E-state index in [1.807, 2.05) is 30.1 Å². The number of hydrogen-bond donors (Lipinski definition) is 0. The summed E-state index contributed by atoms with van der Waals surface area (Å²) < 4.78 is 0. The Morgan fingerprint density at radius 3 is 2.59 bits per heavy atom. The van der Waals surface area contributed by atoms with Crippen LogP contribution in [-0.4, -0.2) is 22.0 Å². The Hall–Kier alpha value is -2.48. The van der Waals surface area contributed by atoms with Gasteiger partial charge in [0, 0.05) is 38.4 Å². The molecule has 0 aliphatic rings. The van der Waals surface area contributed by atoms with Crippen LogP contribution in [0.3, 0.4) is 0 Å². The van der Waals surface area contributed by atoms with Crippen molar-refractivity contribution in [3.63, 3.8) is 0 Å². The van der Waals surface area contributed by atoms with E-state index >= 15 is 0 Å². The number of rotatable bonds is 3. The summed E-state index contributed by atoms with van der Waals surface area (Å²) in [5, 5.41) is 8.94. The summed E-state index contributed by atoms with van der Waals surface area (Å²) in [6.45, 7) is 0.663. The van der Waals surface area contributed by atoms with Gasteiger partial charge in [-0.2, -0.15) is 5.26 Å². The largest absolute Gasteiger partial charge is 0.353 e. The number of hydrogen-bond acceptors (Lipinski definition) is 5. The molecule has 17 heavy (non-hydrogen) atoms. The summed E-state index contributed by atoms with van der Waals surface area (Å²) in [4.78, 5) is 14.0. The van der Waals surface area contributed by atoms with Crippen molar-refractivity contribution in [3.05, 3.63) is 48.2 Å². The van der Waals surface area contributed by atoms with Crippen molar-refractivity contribution < 1.29 is 0 Å². The molecular formula is C12H11N5. The molecule has 0 atom stereocenters. The third kappa shape index (κ3) is 2.55. The zero-order valence-corrected chi connectivity index (χ0v) is 9.41. The Kier molecular flexibility index (Phi) is 3.26. The van der Waals surface area contributed by atoms with Crippen molar-refractivity contribution in [1.82, 2.24) is 15.0 Å². The molecule has 84 valence electrons. The minimum atomic E-state index is 0.337. The van der Waals surface area contributed by atoms with Gasteiger partial charge in [0.2, 0.25) is 0 Å². The van der Waals surface area contributed by atoms with Gasteiger partial charge in [0.25, 0.3) is 0 Å². The van der Waals surface area contributed by atoms with Gasteiger partial charge in [0.15, 0.2) is 11.5 Å². The lowest BCUT2D eigenvalue weighted by Gasteiger charge is -2.18. The normalized spacial score (nSPS) is 9.65. The van der Waals surface area contributed by atoms with Gasteiger partial charge in [0.05, 0.1) is 0 Å². The smallest absolute Gasteiger partial charge is 0.183 e. The zero-order chi connectivity index (χ0) is 12.1. The topological polar surface area (TPSA) is 65.7 Å². The van der Waals surface area contributed by atoms with Crippen LogP contribution in [0.5, 0.6) is 0 Å². The van der Waals surface area contributed by atoms with E-state index in [1.54, 1.807) is 18.6 Å². The molecule has 5 heteroatoms. The average Bonchev–Trinajstić information content (AvgIpc) is 2.40. The highest BCUT2D eigenvalue weighted by Gasteiger charge is 2.09. The number of nitriles is 1. The van der Waals surface area contributed by atoms with E-state index in [0.29, 0.717) is 18.1 Å². The van der Waals surface area contributed by atoms with Crippen LogP contribution < -0.4 is 4.90 Å². The second-order valence-electron chi connectivity index (χ2n) is 3.55. The van der Waals surface area contributed by atoms with Crippen molar-refractivity contribution in [2.75, 3.05) is 11.9 Å². The lowest BCUT2D eigenvalue weighted by atomic mass is 10.2. The van der Waals surface area contributed by atoms with Crippen molar-refractivity contribution in [2.24, 2.45) is 0 Å². The Labute approximate surface area is 99.4 Å². The van der Waals surface area contributed by atoms with Crippen LogP contribution in [0.1, 0.15) is 11.3 Å². The van der Waals surface area contributed by atoms with Crippen molar-refractivity contribution in [3.8, 4) is 6.07 Å². The maximum absolute atomic E-state index is 8.94. The Balaban J connectivity index is 2.21. The van der Waals surface area contributed by atoms with Crippen LogP contribution in [-0.2, 0) is 6.54 Å². The van der Waals surface area contributed by atoms with Gasteiger partial charge in [-0.05, 0) is 17.7 Å². The fourth-order valence-corrected chi connectivity index (χ4v) is 1.53. The molecule has 2 rings (SSSR count). The lowest BCUT2D eigenvalue weighted by molar-refractivity contribution is 0.883. The molecule has 0 unspecified atom stereocenters. The van der Waals surface area contributed by atoms with Crippen molar-refractivity contribution in [1.29, 1.82) is 5.26 Å². The van der Waals surface area contributed by atoms with Crippen LogP contribution >= 0.6 is 0 Å². The highest BCUT2D eigenvalue weighted by molar-refractivity contribution is 5.49. The second-order valence-corrected chi connectivity index (χ2v) is 3.55. The van der Waals surface area contributed by atoms with E-state index in [1.165, 1.54) is 6.20 Å². The molecule has 0 N–H and O–H groups in total. The minimum Gasteiger partial charge on any atom is -0.353 e. The molecule has 5 nitrogen and oxygen atoms in total. The first-order chi connectivity index (χ1) is 8.31. The highest BCUT2D eigenvalue weighted by Crippen LogP contribution is 2.14. The fraction of sp³-hybridized carbons (Fsp3) is 0.167. The molecule has 2 heterocycles. The first-order valence-corrected chi connectivity index (χ1v) is 5.12. The van der Waals surface area contributed by atoms with Crippen LogP contribution in [0.15, 0.2) is 36.9 Å². The monoisotopic (exact) mass is 225 g/mol. The molecule has 0 saturated heterocycles. The fourth-order valence-electron chi connectivity index (χ4n) is 1.53. The number of anilines is 1. The molecule has 0 amide bonds. The molecule has 0 radical (unpaired) electrons.